The van der Waals surface area contributed by atoms with Gasteiger partial charge in [0.05, 0.1) is 6.54 Å². The number of hydrogen-bond donors (Lipinski definition) is 0. The highest BCUT2D eigenvalue weighted by Crippen LogP contribution is 2.08. The van der Waals surface area contributed by atoms with Gasteiger partial charge in [-0.2, -0.15) is 0 Å². The molecule has 0 unspecified atom stereocenters. The van der Waals surface area contributed by atoms with Gasteiger partial charge in [-0.15, -0.1) is 5.01 Å². The molecule has 0 saturated heterocycles. The van der Waals surface area contributed by atoms with E-state index in [4.69, 9.17) is 0 Å². The van der Waals surface area contributed by atoms with Crippen LogP contribution in [0.3, 0.4) is 0 Å². The van der Waals surface area contributed by atoms with E-state index in [2.05, 4.69) is 0 Å². The molecule has 148 valence electrons. The molecule has 0 spiro atoms. The minimum atomic E-state index is -0.439. The van der Waals surface area contributed by atoms with Gasteiger partial charge in [0.25, 0.3) is 0 Å². The Hall–Kier alpha value is -3.76. The van der Waals surface area contributed by atoms with E-state index in [1.807, 2.05) is 18.2 Å². The van der Waals surface area contributed by atoms with Crippen molar-refractivity contribution in [2.45, 2.75) is 26.4 Å². The number of nitro groups is 2. The topological polar surface area (TPSA) is 108 Å². The molecular formula is C17H21N7O4. The van der Waals surface area contributed by atoms with Crippen LogP contribution >= 0.6 is 0 Å². The number of hydrogen-bond acceptors (Lipinski definition) is 4. The van der Waals surface area contributed by atoms with Crippen molar-refractivity contribution >= 4 is 0 Å². The Morgan fingerprint density at radius 2 is 1.25 bits per heavy atom. The lowest BCUT2D eigenvalue weighted by molar-refractivity contribution is -0.670. The Kier molecular flexibility index (Phi) is 5.94. The second kappa shape index (κ2) is 8.75. The fourth-order valence-electron chi connectivity index (χ4n) is 2.83. The lowest BCUT2D eigenvalue weighted by Crippen LogP contribution is -2.33. The Bertz CT molecular complexity index is 889. The smallest absolute Gasteiger partial charge is 0.163 e. The molecule has 3 rings (SSSR count). The van der Waals surface area contributed by atoms with Crippen LogP contribution in [-0.4, -0.2) is 40.3 Å². The number of hydrazine groups is 2. The molecule has 0 aliphatic carbocycles. The third-order valence-electron chi connectivity index (χ3n) is 4.24. The highest BCUT2D eigenvalue weighted by Gasteiger charge is 2.17. The van der Waals surface area contributed by atoms with Crippen LogP contribution in [0.15, 0.2) is 67.5 Å². The van der Waals surface area contributed by atoms with Gasteiger partial charge in [-0.05, 0) is 42.3 Å². The third-order valence-corrected chi connectivity index (χ3v) is 4.24. The molecular weight excluding hydrogens is 366 g/mol. The van der Waals surface area contributed by atoms with E-state index in [1.165, 1.54) is 0 Å². The van der Waals surface area contributed by atoms with Crippen molar-refractivity contribution in [3.05, 3.63) is 93.3 Å². The Morgan fingerprint density at radius 3 is 1.79 bits per heavy atom. The first-order valence-corrected chi connectivity index (χ1v) is 8.66. The largest absolute Gasteiger partial charge is 0.331 e. The maximum Gasteiger partial charge on any atom is 0.163 e. The van der Waals surface area contributed by atoms with Crippen LogP contribution in [0.4, 0.5) is 0 Å². The molecule has 0 aromatic carbocycles. The first-order valence-electron chi connectivity index (χ1n) is 8.66. The maximum atomic E-state index is 11.3. The molecule has 3 aromatic heterocycles. The van der Waals surface area contributed by atoms with E-state index >= 15 is 0 Å². The van der Waals surface area contributed by atoms with Gasteiger partial charge in [0.2, 0.25) is 0 Å². The maximum absolute atomic E-state index is 11.3. The van der Waals surface area contributed by atoms with Gasteiger partial charge < -0.3 is 13.7 Å². The minimum Gasteiger partial charge on any atom is -0.331 e. The standard InChI is InChI=1S/C17H21N7O4/c25-23(26)21(14-18-7-1-2-8-18)12-6-17-5-11-20(13-17)16-22(24(27)28)15-19-9-3-4-10-19/h1-5,7-11,13H,6,12,14-16H2. The molecule has 0 saturated carbocycles. The number of aromatic nitrogens is 3. The molecule has 0 radical (unpaired) electrons. The normalized spacial score (nSPS) is 10.7. The van der Waals surface area contributed by atoms with E-state index in [0.717, 1.165) is 15.6 Å². The van der Waals surface area contributed by atoms with Gasteiger partial charge in [0, 0.05) is 37.2 Å². The number of nitrogens with zero attached hydrogens (tertiary/aromatic N) is 7. The molecule has 0 fully saturated rings. The highest BCUT2D eigenvalue weighted by molar-refractivity contribution is 5.10. The van der Waals surface area contributed by atoms with E-state index in [0.29, 0.717) is 6.42 Å². The monoisotopic (exact) mass is 387 g/mol. The Balaban J connectivity index is 1.56. The van der Waals surface area contributed by atoms with Crippen LogP contribution < -0.4 is 0 Å². The highest BCUT2D eigenvalue weighted by atomic mass is 16.7. The van der Waals surface area contributed by atoms with Crippen molar-refractivity contribution in [3.63, 3.8) is 0 Å². The van der Waals surface area contributed by atoms with Crippen LogP contribution in [0.1, 0.15) is 5.56 Å². The van der Waals surface area contributed by atoms with E-state index in [1.54, 1.807) is 63.0 Å². The summed E-state index contributed by atoms with van der Waals surface area (Å²) in [6.07, 6.45) is 11.0. The second-order valence-corrected chi connectivity index (χ2v) is 6.31. The van der Waals surface area contributed by atoms with Crippen LogP contribution in [0.25, 0.3) is 0 Å². The molecule has 11 heteroatoms. The summed E-state index contributed by atoms with van der Waals surface area (Å²) in [6.45, 7) is 0.594. The van der Waals surface area contributed by atoms with Crippen molar-refractivity contribution < 1.29 is 10.1 Å². The van der Waals surface area contributed by atoms with Gasteiger partial charge in [-0.25, -0.2) is 20.2 Å². The van der Waals surface area contributed by atoms with Gasteiger partial charge in [0.1, 0.15) is 0 Å². The zero-order valence-electron chi connectivity index (χ0n) is 15.1. The minimum absolute atomic E-state index is 0.0769. The van der Waals surface area contributed by atoms with Crippen LogP contribution in [0.2, 0.25) is 0 Å². The predicted molar refractivity (Wildman–Crippen MR) is 99.5 cm³/mol. The van der Waals surface area contributed by atoms with Crippen molar-refractivity contribution in [1.29, 1.82) is 0 Å². The summed E-state index contributed by atoms with van der Waals surface area (Å²) in [7, 11) is 0. The molecule has 3 aromatic rings. The second-order valence-electron chi connectivity index (χ2n) is 6.31. The van der Waals surface area contributed by atoms with Crippen molar-refractivity contribution in [2.24, 2.45) is 0 Å². The molecule has 0 aliphatic heterocycles. The zero-order chi connectivity index (χ0) is 19.9. The van der Waals surface area contributed by atoms with Crippen molar-refractivity contribution in [1.82, 2.24) is 23.7 Å². The Morgan fingerprint density at radius 1 is 0.750 bits per heavy atom. The molecule has 0 N–H and O–H groups in total. The summed E-state index contributed by atoms with van der Waals surface area (Å²) < 4.78 is 5.14. The van der Waals surface area contributed by atoms with E-state index in [9.17, 15) is 20.2 Å². The summed E-state index contributed by atoms with van der Waals surface area (Å²) >= 11 is 0. The van der Waals surface area contributed by atoms with Crippen LogP contribution in [0, 0.1) is 20.2 Å². The summed E-state index contributed by atoms with van der Waals surface area (Å²) in [6, 6.07) is 9.06. The van der Waals surface area contributed by atoms with Gasteiger partial charge in [0.15, 0.2) is 30.1 Å². The zero-order valence-corrected chi connectivity index (χ0v) is 15.1. The molecule has 0 aliphatic rings. The predicted octanol–water partition coefficient (Wildman–Crippen LogP) is 1.89. The third kappa shape index (κ3) is 5.13. The fraction of sp³-hybridized carbons (Fsp3) is 0.294. The van der Waals surface area contributed by atoms with Crippen LogP contribution in [0.5, 0.6) is 0 Å². The first kappa shape index (κ1) is 19.0. The average Bonchev–Trinajstić information content (AvgIpc) is 3.41. The molecule has 11 nitrogen and oxygen atoms in total. The molecule has 28 heavy (non-hydrogen) atoms. The quantitative estimate of drug-likeness (QED) is 0.367. The van der Waals surface area contributed by atoms with Gasteiger partial charge >= 0.3 is 0 Å². The lowest BCUT2D eigenvalue weighted by atomic mass is 10.2. The molecule has 3 heterocycles. The van der Waals surface area contributed by atoms with Gasteiger partial charge in [-0.1, -0.05) is 5.01 Å². The van der Waals surface area contributed by atoms with Crippen LogP contribution in [-0.2, 0) is 26.4 Å². The Labute approximate surface area is 160 Å². The van der Waals surface area contributed by atoms with E-state index < -0.39 is 10.1 Å². The number of rotatable bonds is 11. The van der Waals surface area contributed by atoms with Gasteiger partial charge in [-0.3, -0.25) is 0 Å². The first-order chi connectivity index (χ1) is 13.5. The molecule has 0 bridgehead atoms. The summed E-state index contributed by atoms with van der Waals surface area (Å²) in [5, 5.41) is 23.9. The van der Waals surface area contributed by atoms with Crippen molar-refractivity contribution in [3.8, 4) is 0 Å². The SMILES string of the molecule is O=[N+]([O-])N(CCc1ccn(CN(Cn2cccc2)[N+](=O)[O-])c1)Cn1cccc1. The average molecular weight is 387 g/mol. The summed E-state index contributed by atoms with van der Waals surface area (Å²) in [5.41, 5.74) is 0.878. The summed E-state index contributed by atoms with van der Waals surface area (Å²) in [5.74, 6) is 0. The lowest BCUT2D eigenvalue weighted by Gasteiger charge is -2.16. The molecule has 0 amide bonds. The molecule has 0 atom stereocenters. The van der Waals surface area contributed by atoms with Crippen molar-refractivity contribution in [2.75, 3.05) is 6.54 Å². The fourth-order valence-corrected chi connectivity index (χ4v) is 2.83. The van der Waals surface area contributed by atoms with E-state index in [-0.39, 0.29) is 26.6 Å². The summed E-state index contributed by atoms with van der Waals surface area (Å²) in [4.78, 5) is 22.6.